The Balaban J connectivity index is 1.99. The molecule has 1 atom stereocenters. The van der Waals surface area contributed by atoms with Gasteiger partial charge in [0, 0.05) is 24.8 Å². The van der Waals surface area contributed by atoms with E-state index >= 15 is 0 Å². The number of thioether (sulfide) groups is 1. The van der Waals surface area contributed by atoms with E-state index < -0.39 is 17.2 Å². The monoisotopic (exact) mass is 394 g/mol. The molecule has 1 aromatic heterocycles. The fourth-order valence-corrected chi connectivity index (χ4v) is 3.97. The molecule has 2 N–H and O–H groups in total. The molecule has 3 rings (SSSR count). The average molecular weight is 394 g/mol. The molecule has 0 radical (unpaired) electrons. The average Bonchev–Trinajstić information content (AvgIpc) is 2.68. The largest absolute Gasteiger partial charge is 0.465 e. The minimum atomic E-state index is -0.927. The molecule has 0 spiro atoms. The number of aromatic nitrogens is 2. The van der Waals surface area contributed by atoms with E-state index in [1.807, 2.05) is 4.90 Å². The van der Waals surface area contributed by atoms with E-state index in [9.17, 15) is 9.59 Å². The molecule has 146 valence electrons. The van der Waals surface area contributed by atoms with Gasteiger partial charge < -0.3 is 24.8 Å². The molecule has 2 aliphatic heterocycles. The summed E-state index contributed by atoms with van der Waals surface area (Å²) in [5, 5.41) is -0.390. The van der Waals surface area contributed by atoms with Gasteiger partial charge in [-0.3, -0.25) is 4.79 Å². The Hall–Kier alpha value is -2.33. The Morgan fingerprint density at radius 3 is 2.67 bits per heavy atom. The maximum absolute atomic E-state index is 12.4. The zero-order valence-corrected chi connectivity index (χ0v) is 16.1. The fourth-order valence-electron chi connectivity index (χ4n) is 2.81. The van der Waals surface area contributed by atoms with Gasteiger partial charge in [-0.2, -0.15) is 0 Å². The van der Waals surface area contributed by atoms with Crippen LogP contribution in [0.3, 0.4) is 0 Å². The lowest BCUT2D eigenvalue weighted by molar-refractivity contribution is -0.145. The van der Waals surface area contributed by atoms with Crippen molar-refractivity contribution >= 4 is 35.3 Å². The number of nitrogens with zero attached hydrogens (tertiary/aromatic N) is 3. The minimum Gasteiger partial charge on any atom is -0.465 e. The van der Waals surface area contributed by atoms with E-state index in [0.29, 0.717) is 42.8 Å². The number of hydrogen-bond donors (Lipinski definition) is 1. The van der Waals surface area contributed by atoms with Crippen molar-refractivity contribution < 1.29 is 23.8 Å². The first-order valence-electron chi connectivity index (χ1n) is 8.77. The lowest BCUT2D eigenvalue weighted by Gasteiger charge is -2.29. The van der Waals surface area contributed by atoms with Gasteiger partial charge in [0.2, 0.25) is 5.95 Å². The van der Waals surface area contributed by atoms with Crippen molar-refractivity contribution in [1.82, 2.24) is 9.97 Å². The number of anilines is 1. The van der Waals surface area contributed by atoms with Gasteiger partial charge in [0.25, 0.3) is 0 Å². The molecule has 1 fully saturated rings. The van der Waals surface area contributed by atoms with Crippen LogP contribution in [0, 0.1) is 0 Å². The van der Waals surface area contributed by atoms with Crippen molar-refractivity contribution in [3.63, 3.8) is 0 Å². The Morgan fingerprint density at radius 2 is 2.00 bits per heavy atom. The van der Waals surface area contributed by atoms with Gasteiger partial charge >= 0.3 is 11.9 Å². The number of rotatable bonds is 5. The van der Waals surface area contributed by atoms with Crippen LogP contribution >= 0.6 is 11.8 Å². The maximum atomic E-state index is 12.4. The van der Waals surface area contributed by atoms with Crippen molar-refractivity contribution in [3.05, 3.63) is 17.3 Å². The predicted molar refractivity (Wildman–Crippen MR) is 99.1 cm³/mol. The molecule has 1 aromatic rings. The normalized spacial score (nSPS) is 19.5. The standard InChI is InChI=1S/C17H22N4O5S/c1-3-25-15(22)11-12(18)10-9-19-17(21-5-7-24-8-6-21)20-14(10)27-13(11)16(23)26-4-2/h9,13H,3-8,18H2,1-2H3. The van der Waals surface area contributed by atoms with Crippen LogP contribution < -0.4 is 10.6 Å². The van der Waals surface area contributed by atoms with Crippen LogP contribution in [0.1, 0.15) is 19.4 Å². The Bertz CT molecular complexity index is 764. The number of hydrogen-bond acceptors (Lipinski definition) is 10. The quantitative estimate of drug-likeness (QED) is 0.561. The van der Waals surface area contributed by atoms with Gasteiger partial charge in [-0.15, -0.1) is 0 Å². The summed E-state index contributed by atoms with van der Waals surface area (Å²) in [7, 11) is 0. The van der Waals surface area contributed by atoms with Crippen molar-refractivity contribution in [3.8, 4) is 0 Å². The second-order valence-electron chi connectivity index (χ2n) is 5.79. The second kappa shape index (κ2) is 8.57. The van der Waals surface area contributed by atoms with E-state index in [-0.39, 0.29) is 24.5 Å². The van der Waals surface area contributed by atoms with Gasteiger partial charge in [-0.05, 0) is 13.8 Å². The molecular formula is C17H22N4O5S. The van der Waals surface area contributed by atoms with Gasteiger partial charge in [0.15, 0.2) is 0 Å². The van der Waals surface area contributed by atoms with Gasteiger partial charge in [0.05, 0.1) is 37.7 Å². The molecule has 3 heterocycles. The van der Waals surface area contributed by atoms with Gasteiger partial charge in [-0.1, -0.05) is 11.8 Å². The van der Waals surface area contributed by atoms with Gasteiger partial charge in [0.1, 0.15) is 10.3 Å². The van der Waals surface area contributed by atoms with Crippen LogP contribution in [-0.2, 0) is 23.8 Å². The van der Waals surface area contributed by atoms with Crippen LogP contribution in [0.5, 0.6) is 0 Å². The number of ether oxygens (including phenoxy) is 3. The SMILES string of the molecule is CCOC(=O)C1=C(N)c2cnc(N3CCOCC3)nc2SC1C(=O)OCC. The molecule has 2 aliphatic rings. The van der Waals surface area contributed by atoms with Crippen molar-refractivity contribution in [2.24, 2.45) is 5.73 Å². The Kier molecular flexibility index (Phi) is 6.17. The van der Waals surface area contributed by atoms with E-state index in [0.717, 1.165) is 11.8 Å². The first-order valence-corrected chi connectivity index (χ1v) is 9.64. The molecule has 1 unspecified atom stereocenters. The number of morpholine rings is 1. The fraction of sp³-hybridized carbons (Fsp3) is 0.529. The first-order chi connectivity index (χ1) is 13.1. The summed E-state index contributed by atoms with van der Waals surface area (Å²) in [5.41, 5.74) is 6.96. The van der Waals surface area contributed by atoms with E-state index in [2.05, 4.69) is 9.97 Å². The molecule has 0 saturated carbocycles. The summed E-state index contributed by atoms with van der Waals surface area (Å²) >= 11 is 1.13. The molecule has 1 saturated heterocycles. The highest BCUT2D eigenvalue weighted by atomic mass is 32.2. The summed E-state index contributed by atoms with van der Waals surface area (Å²) < 4.78 is 15.6. The predicted octanol–water partition coefficient (Wildman–Crippen LogP) is 0.584. The molecule has 0 aromatic carbocycles. The molecule has 9 nitrogen and oxygen atoms in total. The lowest BCUT2D eigenvalue weighted by atomic mass is 10.1. The molecule has 0 bridgehead atoms. The molecular weight excluding hydrogens is 372 g/mol. The first kappa shape index (κ1) is 19.4. The van der Waals surface area contributed by atoms with Crippen molar-refractivity contribution in [2.45, 2.75) is 24.1 Å². The number of esters is 2. The number of carbonyl (C=O) groups is 2. The summed E-state index contributed by atoms with van der Waals surface area (Å²) in [6, 6.07) is 0. The van der Waals surface area contributed by atoms with Crippen molar-refractivity contribution in [2.75, 3.05) is 44.4 Å². The Labute approximate surface area is 161 Å². The van der Waals surface area contributed by atoms with Crippen LogP contribution in [0.4, 0.5) is 5.95 Å². The number of nitrogens with two attached hydrogens (primary N) is 1. The zero-order chi connectivity index (χ0) is 19.4. The molecule has 10 heteroatoms. The van der Waals surface area contributed by atoms with Crippen LogP contribution in [0.2, 0.25) is 0 Å². The summed E-state index contributed by atoms with van der Waals surface area (Å²) in [6.45, 7) is 6.35. The maximum Gasteiger partial charge on any atom is 0.337 e. The van der Waals surface area contributed by atoms with Crippen LogP contribution in [0.15, 0.2) is 16.8 Å². The topological polar surface area (TPSA) is 117 Å². The molecule has 27 heavy (non-hydrogen) atoms. The second-order valence-corrected chi connectivity index (χ2v) is 6.88. The third kappa shape index (κ3) is 4.01. The lowest BCUT2D eigenvalue weighted by Crippen LogP contribution is -2.38. The van der Waals surface area contributed by atoms with Crippen molar-refractivity contribution in [1.29, 1.82) is 0 Å². The summed E-state index contributed by atoms with van der Waals surface area (Å²) in [5.74, 6) is -0.645. The highest BCUT2D eigenvalue weighted by molar-refractivity contribution is 8.01. The van der Waals surface area contributed by atoms with E-state index in [1.54, 1.807) is 20.0 Å². The molecule has 0 aliphatic carbocycles. The number of carbonyl (C=O) groups excluding carboxylic acids is 2. The third-order valence-corrected chi connectivity index (χ3v) is 5.30. The zero-order valence-electron chi connectivity index (χ0n) is 15.3. The summed E-state index contributed by atoms with van der Waals surface area (Å²) in [6.07, 6.45) is 1.58. The van der Waals surface area contributed by atoms with Gasteiger partial charge in [-0.25, -0.2) is 14.8 Å². The minimum absolute atomic E-state index is 0.0792. The molecule has 0 amide bonds. The number of fused-ring (bicyclic) bond motifs is 1. The van der Waals surface area contributed by atoms with Crippen LogP contribution in [-0.4, -0.2) is 66.7 Å². The summed E-state index contributed by atoms with van der Waals surface area (Å²) in [4.78, 5) is 35.8. The van der Waals surface area contributed by atoms with E-state index in [1.165, 1.54) is 0 Å². The highest BCUT2D eigenvalue weighted by Crippen LogP contribution is 2.40. The van der Waals surface area contributed by atoms with Crippen LogP contribution in [0.25, 0.3) is 5.70 Å². The highest BCUT2D eigenvalue weighted by Gasteiger charge is 2.39. The smallest absolute Gasteiger partial charge is 0.337 e. The third-order valence-electron chi connectivity index (χ3n) is 4.10. The van der Waals surface area contributed by atoms with E-state index in [4.69, 9.17) is 19.9 Å². The Morgan fingerprint density at radius 1 is 1.30 bits per heavy atom.